The van der Waals surface area contributed by atoms with Gasteiger partial charge in [-0.1, -0.05) is 6.92 Å². The summed E-state index contributed by atoms with van der Waals surface area (Å²) in [7, 11) is 0. The van der Waals surface area contributed by atoms with Crippen molar-refractivity contribution in [3.8, 4) is 0 Å². The van der Waals surface area contributed by atoms with E-state index in [1.807, 2.05) is 11.8 Å². The van der Waals surface area contributed by atoms with E-state index >= 15 is 0 Å². The van der Waals surface area contributed by atoms with Gasteiger partial charge in [-0.3, -0.25) is 0 Å². The number of hydrogen-bond acceptors (Lipinski definition) is 3. The molecule has 2 heterocycles. The molecular formula is C13H24N2O3. The van der Waals surface area contributed by atoms with Gasteiger partial charge in [0.05, 0.1) is 30.9 Å². The molecule has 0 aliphatic carbocycles. The molecule has 1 N–H and O–H groups in total. The highest BCUT2D eigenvalue weighted by molar-refractivity contribution is 5.74. The molecule has 0 spiro atoms. The van der Waals surface area contributed by atoms with Crippen LogP contribution in [-0.4, -0.2) is 55.0 Å². The van der Waals surface area contributed by atoms with Crippen molar-refractivity contribution >= 4 is 6.03 Å². The van der Waals surface area contributed by atoms with Crippen LogP contribution >= 0.6 is 0 Å². The molecule has 2 aliphatic rings. The highest BCUT2D eigenvalue weighted by Gasteiger charge is 2.34. The van der Waals surface area contributed by atoms with Crippen molar-refractivity contribution in [2.45, 2.75) is 51.4 Å². The number of nitrogens with zero attached hydrogens (tertiary/aromatic N) is 1. The number of morpholine rings is 1. The van der Waals surface area contributed by atoms with E-state index in [-0.39, 0.29) is 23.8 Å². The summed E-state index contributed by atoms with van der Waals surface area (Å²) in [5.41, 5.74) is -0.201. The average Bonchev–Trinajstić information content (AvgIpc) is 2.75. The highest BCUT2D eigenvalue weighted by Crippen LogP contribution is 2.21. The molecule has 18 heavy (non-hydrogen) atoms. The number of carbonyl (C=O) groups excluding carboxylic acids is 1. The second-order valence-electron chi connectivity index (χ2n) is 5.49. The number of hydrogen-bond donors (Lipinski definition) is 1. The van der Waals surface area contributed by atoms with E-state index < -0.39 is 0 Å². The van der Waals surface area contributed by atoms with Crippen LogP contribution in [0.3, 0.4) is 0 Å². The summed E-state index contributed by atoms with van der Waals surface area (Å²) in [5, 5.41) is 3.07. The molecule has 2 aliphatic heterocycles. The van der Waals surface area contributed by atoms with Gasteiger partial charge in [0.15, 0.2) is 0 Å². The molecule has 0 bridgehead atoms. The van der Waals surface area contributed by atoms with Crippen molar-refractivity contribution in [1.29, 1.82) is 0 Å². The van der Waals surface area contributed by atoms with Gasteiger partial charge in [0, 0.05) is 13.2 Å². The summed E-state index contributed by atoms with van der Waals surface area (Å²) in [6.07, 6.45) is 1.94. The van der Waals surface area contributed by atoms with Crippen molar-refractivity contribution in [2.24, 2.45) is 0 Å². The maximum Gasteiger partial charge on any atom is 0.317 e. The minimum atomic E-state index is -0.201. The molecule has 3 atom stereocenters. The van der Waals surface area contributed by atoms with Gasteiger partial charge in [-0.2, -0.15) is 0 Å². The summed E-state index contributed by atoms with van der Waals surface area (Å²) in [4.78, 5) is 14.1. The number of rotatable bonds is 2. The van der Waals surface area contributed by atoms with Crippen LogP contribution in [-0.2, 0) is 9.47 Å². The van der Waals surface area contributed by atoms with Gasteiger partial charge >= 0.3 is 6.03 Å². The maximum absolute atomic E-state index is 12.2. The Labute approximate surface area is 109 Å². The van der Waals surface area contributed by atoms with Crippen LogP contribution in [0.5, 0.6) is 0 Å². The Morgan fingerprint density at radius 3 is 2.89 bits per heavy atom. The first-order chi connectivity index (χ1) is 8.54. The Bertz CT molecular complexity index is 311. The van der Waals surface area contributed by atoms with Gasteiger partial charge in [0.25, 0.3) is 0 Å². The molecule has 2 fully saturated rings. The lowest BCUT2D eigenvalue weighted by Gasteiger charge is -2.40. The largest absolute Gasteiger partial charge is 0.376 e. The zero-order valence-electron chi connectivity index (χ0n) is 11.6. The van der Waals surface area contributed by atoms with Crippen molar-refractivity contribution in [3.63, 3.8) is 0 Å². The Kier molecular flexibility index (Phi) is 4.12. The molecule has 0 aromatic rings. The molecule has 0 saturated carbocycles. The number of carbonyl (C=O) groups is 1. The summed E-state index contributed by atoms with van der Waals surface area (Å²) < 4.78 is 11.2. The quantitative estimate of drug-likeness (QED) is 0.812. The van der Waals surface area contributed by atoms with Gasteiger partial charge in [0.1, 0.15) is 0 Å². The van der Waals surface area contributed by atoms with Gasteiger partial charge in [0.2, 0.25) is 0 Å². The second kappa shape index (κ2) is 5.45. The number of nitrogens with one attached hydrogen (secondary N) is 1. The topological polar surface area (TPSA) is 50.8 Å². The molecule has 0 unspecified atom stereocenters. The summed E-state index contributed by atoms with van der Waals surface area (Å²) in [5.74, 6) is 0. The fourth-order valence-electron chi connectivity index (χ4n) is 2.49. The van der Waals surface area contributed by atoms with E-state index in [2.05, 4.69) is 19.2 Å². The Hall–Kier alpha value is -0.810. The molecule has 2 amide bonds. The SMILES string of the molecule is CC[C@]1(C)CN(C(=O)N[C@@H]2CCO[C@H]2C)CCO1. The van der Waals surface area contributed by atoms with E-state index in [1.54, 1.807) is 0 Å². The average molecular weight is 256 g/mol. The van der Waals surface area contributed by atoms with Crippen molar-refractivity contribution in [3.05, 3.63) is 0 Å². The summed E-state index contributed by atoms with van der Waals surface area (Å²) in [6.45, 7) is 8.85. The first-order valence-corrected chi connectivity index (χ1v) is 6.85. The standard InChI is InChI=1S/C13H24N2O3/c1-4-13(3)9-15(6-8-18-13)12(16)14-11-5-7-17-10(11)2/h10-11H,4-9H2,1-3H3,(H,14,16)/t10-,11+,13+/m0/s1. The molecule has 0 aromatic heterocycles. The smallest absolute Gasteiger partial charge is 0.317 e. The molecule has 2 rings (SSSR count). The van der Waals surface area contributed by atoms with Crippen LogP contribution < -0.4 is 5.32 Å². The van der Waals surface area contributed by atoms with E-state index in [0.717, 1.165) is 19.4 Å². The Morgan fingerprint density at radius 2 is 2.28 bits per heavy atom. The summed E-state index contributed by atoms with van der Waals surface area (Å²) >= 11 is 0. The zero-order valence-corrected chi connectivity index (χ0v) is 11.6. The van der Waals surface area contributed by atoms with Crippen LogP contribution in [0.4, 0.5) is 4.79 Å². The van der Waals surface area contributed by atoms with Crippen LogP contribution in [0.1, 0.15) is 33.6 Å². The monoisotopic (exact) mass is 256 g/mol. The van der Waals surface area contributed by atoms with E-state index in [9.17, 15) is 4.79 Å². The van der Waals surface area contributed by atoms with Gasteiger partial charge in [-0.05, 0) is 26.7 Å². The van der Waals surface area contributed by atoms with E-state index in [4.69, 9.17) is 9.47 Å². The van der Waals surface area contributed by atoms with E-state index in [0.29, 0.717) is 19.7 Å². The van der Waals surface area contributed by atoms with Crippen molar-refractivity contribution in [2.75, 3.05) is 26.3 Å². The predicted octanol–water partition coefficient (Wildman–Crippen LogP) is 1.37. The fourth-order valence-corrected chi connectivity index (χ4v) is 2.49. The third kappa shape index (κ3) is 2.95. The molecule has 2 saturated heterocycles. The Balaban J connectivity index is 1.88. The lowest BCUT2D eigenvalue weighted by molar-refractivity contribution is -0.0875. The second-order valence-corrected chi connectivity index (χ2v) is 5.49. The molecule has 104 valence electrons. The van der Waals surface area contributed by atoms with Crippen LogP contribution in [0.15, 0.2) is 0 Å². The van der Waals surface area contributed by atoms with E-state index in [1.165, 1.54) is 0 Å². The van der Waals surface area contributed by atoms with Crippen molar-refractivity contribution in [1.82, 2.24) is 10.2 Å². The predicted molar refractivity (Wildman–Crippen MR) is 68.6 cm³/mol. The normalized spacial score (nSPS) is 36.7. The first kappa shape index (κ1) is 13.6. The number of ether oxygens (including phenoxy) is 2. The molecule has 5 nitrogen and oxygen atoms in total. The maximum atomic E-state index is 12.2. The van der Waals surface area contributed by atoms with Gasteiger partial charge < -0.3 is 19.7 Å². The van der Waals surface area contributed by atoms with Crippen LogP contribution in [0.25, 0.3) is 0 Å². The molecule has 0 aromatic carbocycles. The minimum Gasteiger partial charge on any atom is -0.376 e. The minimum absolute atomic E-state index is 0.0142. The third-order valence-electron chi connectivity index (χ3n) is 4.06. The van der Waals surface area contributed by atoms with Crippen LogP contribution in [0, 0.1) is 0 Å². The number of urea groups is 1. The zero-order chi connectivity index (χ0) is 13.2. The van der Waals surface area contributed by atoms with Gasteiger partial charge in [-0.25, -0.2) is 4.79 Å². The first-order valence-electron chi connectivity index (χ1n) is 6.85. The van der Waals surface area contributed by atoms with Crippen molar-refractivity contribution < 1.29 is 14.3 Å². The van der Waals surface area contributed by atoms with Crippen LogP contribution in [0.2, 0.25) is 0 Å². The molecule has 0 radical (unpaired) electrons. The summed E-state index contributed by atoms with van der Waals surface area (Å²) in [6, 6.07) is 0.161. The number of amides is 2. The highest BCUT2D eigenvalue weighted by atomic mass is 16.5. The van der Waals surface area contributed by atoms with Gasteiger partial charge in [-0.15, -0.1) is 0 Å². The lowest BCUT2D eigenvalue weighted by atomic mass is 10.0. The molecular weight excluding hydrogens is 232 g/mol. The molecule has 5 heteroatoms. The third-order valence-corrected chi connectivity index (χ3v) is 4.06. The Morgan fingerprint density at radius 1 is 1.50 bits per heavy atom. The lowest BCUT2D eigenvalue weighted by Crippen LogP contribution is -2.56. The fraction of sp³-hybridized carbons (Fsp3) is 0.923.